The van der Waals surface area contributed by atoms with Gasteiger partial charge in [0.15, 0.2) is 0 Å². The third-order valence-electron chi connectivity index (χ3n) is 3.88. The monoisotopic (exact) mass is 412 g/mol. The molecular weight excluding hydrogens is 392 g/mol. The van der Waals surface area contributed by atoms with Crippen molar-refractivity contribution in [3.63, 3.8) is 0 Å². The molecule has 0 saturated carbocycles. The number of nitrogens with zero attached hydrogens (tertiary/aromatic N) is 2. The van der Waals surface area contributed by atoms with Crippen molar-refractivity contribution in [2.75, 3.05) is 19.8 Å². The summed E-state index contributed by atoms with van der Waals surface area (Å²) in [4.78, 5) is 31.1. The Balaban J connectivity index is 1.63. The summed E-state index contributed by atoms with van der Waals surface area (Å²) in [7, 11) is 3.42. The minimum Gasteiger partial charge on any atom is -0.456 e. The van der Waals surface area contributed by atoms with Gasteiger partial charge in [0, 0.05) is 29.9 Å². The maximum absolute atomic E-state index is 12.5. The highest BCUT2D eigenvalue weighted by atomic mass is 32.2. The van der Waals surface area contributed by atoms with Crippen LogP contribution >= 0.6 is 23.1 Å². The molecule has 0 bridgehead atoms. The smallest absolute Gasteiger partial charge is 0.339 e. The number of ether oxygens (including phenoxy) is 1. The molecule has 3 rings (SSSR count). The SMILES string of the molecule is CN(C)C(=O)CSc1ccccc1C(=O)OCc1csc(-c2ccccc2)n1. The summed E-state index contributed by atoms with van der Waals surface area (Å²) in [5.41, 5.74) is 2.21. The Morgan fingerprint density at radius 1 is 1.07 bits per heavy atom. The van der Waals surface area contributed by atoms with Crippen LogP contribution in [0.1, 0.15) is 16.1 Å². The Morgan fingerprint density at radius 3 is 2.54 bits per heavy atom. The predicted octanol–water partition coefficient (Wildman–Crippen LogP) is 4.35. The van der Waals surface area contributed by atoms with Gasteiger partial charge in [0.25, 0.3) is 0 Å². The summed E-state index contributed by atoms with van der Waals surface area (Å²) in [6.45, 7) is 0.109. The maximum Gasteiger partial charge on any atom is 0.339 e. The van der Waals surface area contributed by atoms with Crippen molar-refractivity contribution in [1.82, 2.24) is 9.88 Å². The van der Waals surface area contributed by atoms with E-state index in [4.69, 9.17) is 4.74 Å². The molecule has 0 radical (unpaired) electrons. The molecule has 3 aromatic rings. The van der Waals surface area contributed by atoms with Gasteiger partial charge >= 0.3 is 5.97 Å². The second-order valence-corrected chi connectivity index (χ2v) is 8.03. The van der Waals surface area contributed by atoms with Gasteiger partial charge in [-0.1, -0.05) is 42.5 Å². The molecule has 0 aliphatic carbocycles. The number of thiazole rings is 1. The molecule has 1 heterocycles. The van der Waals surface area contributed by atoms with Gasteiger partial charge < -0.3 is 9.64 Å². The number of benzene rings is 2. The molecule has 0 fully saturated rings. The molecule has 0 saturated heterocycles. The number of rotatable bonds is 7. The van der Waals surface area contributed by atoms with Crippen molar-refractivity contribution in [3.05, 3.63) is 71.2 Å². The Hall–Kier alpha value is -2.64. The zero-order valence-electron chi connectivity index (χ0n) is 15.6. The minimum absolute atomic E-state index is 0.0101. The van der Waals surface area contributed by atoms with E-state index in [0.717, 1.165) is 15.5 Å². The Bertz CT molecular complexity index is 955. The molecule has 0 unspecified atom stereocenters. The van der Waals surface area contributed by atoms with Gasteiger partial charge in [-0.05, 0) is 12.1 Å². The molecule has 0 aliphatic heterocycles. The summed E-state index contributed by atoms with van der Waals surface area (Å²) in [5.74, 6) is -0.164. The van der Waals surface area contributed by atoms with Crippen molar-refractivity contribution in [1.29, 1.82) is 0 Å². The van der Waals surface area contributed by atoms with Gasteiger partial charge in [0.2, 0.25) is 5.91 Å². The van der Waals surface area contributed by atoms with E-state index in [9.17, 15) is 9.59 Å². The van der Waals surface area contributed by atoms with Crippen LogP contribution in [0, 0.1) is 0 Å². The number of esters is 1. The van der Waals surface area contributed by atoms with E-state index in [1.165, 1.54) is 28.0 Å². The van der Waals surface area contributed by atoms with Crippen molar-refractivity contribution in [2.45, 2.75) is 11.5 Å². The highest BCUT2D eigenvalue weighted by molar-refractivity contribution is 8.00. The van der Waals surface area contributed by atoms with Crippen LogP contribution in [0.25, 0.3) is 10.6 Å². The van der Waals surface area contributed by atoms with Gasteiger partial charge in [-0.15, -0.1) is 23.1 Å². The predicted molar refractivity (Wildman–Crippen MR) is 113 cm³/mol. The Kier molecular flexibility index (Phi) is 6.84. The highest BCUT2D eigenvalue weighted by Gasteiger charge is 2.15. The van der Waals surface area contributed by atoms with E-state index in [-0.39, 0.29) is 18.3 Å². The molecule has 0 spiro atoms. The number of aromatic nitrogens is 1. The van der Waals surface area contributed by atoms with Crippen LogP contribution in [-0.2, 0) is 16.1 Å². The van der Waals surface area contributed by atoms with Gasteiger partial charge in [-0.2, -0.15) is 0 Å². The first-order valence-electron chi connectivity index (χ1n) is 8.63. The summed E-state index contributed by atoms with van der Waals surface area (Å²) in [5, 5.41) is 2.79. The van der Waals surface area contributed by atoms with Crippen LogP contribution in [0.15, 0.2) is 64.9 Å². The first kappa shape index (κ1) is 20.1. The molecule has 0 aliphatic rings. The number of hydrogen-bond acceptors (Lipinski definition) is 6. The average molecular weight is 413 g/mol. The Labute approximate surface area is 172 Å². The topological polar surface area (TPSA) is 59.5 Å². The lowest BCUT2D eigenvalue weighted by atomic mass is 10.2. The van der Waals surface area contributed by atoms with E-state index in [0.29, 0.717) is 11.3 Å². The fourth-order valence-electron chi connectivity index (χ4n) is 2.33. The summed E-state index contributed by atoms with van der Waals surface area (Å²) in [6, 6.07) is 17.0. The van der Waals surface area contributed by atoms with Crippen molar-refractivity contribution in [2.24, 2.45) is 0 Å². The highest BCUT2D eigenvalue weighted by Crippen LogP contribution is 2.25. The fourth-order valence-corrected chi connectivity index (χ4v) is 4.16. The third-order valence-corrected chi connectivity index (χ3v) is 5.88. The van der Waals surface area contributed by atoms with Gasteiger partial charge in [-0.3, -0.25) is 4.79 Å². The van der Waals surface area contributed by atoms with Gasteiger partial charge in [-0.25, -0.2) is 9.78 Å². The van der Waals surface area contributed by atoms with E-state index in [1.807, 2.05) is 47.8 Å². The number of amides is 1. The summed E-state index contributed by atoms with van der Waals surface area (Å²) >= 11 is 2.85. The second-order valence-electron chi connectivity index (χ2n) is 6.16. The van der Waals surface area contributed by atoms with E-state index < -0.39 is 5.97 Å². The second kappa shape index (κ2) is 9.52. The average Bonchev–Trinajstić information content (AvgIpc) is 3.20. The minimum atomic E-state index is -0.422. The van der Waals surface area contributed by atoms with Crippen molar-refractivity contribution < 1.29 is 14.3 Å². The van der Waals surface area contributed by atoms with Crippen molar-refractivity contribution >= 4 is 35.0 Å². The van der Waals surface area contributed by atoms with Crippen LogP contribution in [-0.4, -0.2) is 41.6 Å². The van der Waals surface area contributed by atoms with E-state index >= 15 is 0 Å². The molecule has 0 atom stereocenters. The first-order valence-corrected chi connectivity index (χ1v) is 10.5. The van der Waals surface area contributed by atoms with E-state index in [2.05, 4.69) is 4.98 Å². The molecule has 5 nitrogen and oxygen atoms in total. The van der Waals surface area contributed by atoms with Crippen LogP contribution < -0.4 is 0 Å². The van der Waals surface area contributed by atoms with Gasteiger partial charge in [0.05, 0.1) is 17.0 Å². The lowest BCUT2D eigenvalue weighted by molar-refractivity contribution is -0.125. The van der Waals surface area contributed by atoms with Crippen LogP contribution in [0.5, 0.6) is 0 Å². The fraction of sp³-hybridized carbons (Fsp3) is 0.190. The van der Waals surface area contributed by atoms with Crippen LogP contribution in [0.3, 0.4) is 0 Å². The zero-order chi connectivity index (χ0) is 19.9. The Morgan fingerprint density at radius 2 is 1.79 bits per heavy atom. The largest absolute Gasteiger partial charge is 0.456 e. The number of carbonyl (C=O) groups is 2. The van der Waals surface area contributed by atoms with Gasteiger partial charge in [0.1, 0.15) is 11.6 Å². The zero-order valence-corrected chi connectivity index (χ0v) is 17.3. The molecule has 28 heavy (non-hydrogen) atoms. The normalized spacial score (nSPS) is 10.5. The number of thioether (sulfide) groups is 1. The lowest BCUT2D eigenvalue weighted by Gasteiger charge is -2.11. The molecule has 2 aromatic carbocycles. The molecule has 1 aromatic heterocycles. The summed E-state index contributed by atoms with van der Waals surface area (Å²) in [6.07, 6.45) is 0. The third kappa shape index (κ3) is 5.21. The quantitative estimate of drug-likeness (QED) is 0.427. The number of hydrogen-bond donors (Lipinski definition) is 0. The molecule has 144 valence electrons. The van der Waals surface area contributed by atoms with Crippen LogP contribution in [0.4, 0.5) is 0 Å². The molecule has 0 N–H and O–H groups in total. The van der Waals surface area contributed by atoms with Crippen LogP contribution in [0.2, 0.25) is 0 Å². The summed E-state index contributed by atoms with van der Waals surface area (Å²) < 4.78 is 5.45. The first-order chi connectivity index (χ1) is 13.5. The van der Waals surface area contributed by atoms with E-state index in [1.54, 1.807) is 26.2 Å². The molecule has 7 heteroatoms. The van der Waals surface area contributed by atoms with Crippen molar-refractivity contribution in [3.8, 4) is 10.6 Å². The molecule has 1 amide bonds. The lowest BCUT2D eigenvalue weighted by Crippen LogP contribution is -2.23. The molecular formula is C21H20N2O3S2. The maximum atomic E-state index is 12.5. The number of carbonyl (C=O) groups excluding carboxylic acids is 2. The standard InChI is InChI=1S/C21H20N2O3S2/c1-23(2)19(24)14-27-18-11-7-6-10-17(18)21(25)26-12-16-13-28-20(22-16)15-8-4-3-5-9-15/h3-11,13H,12,14H2,1-2H3.